The summed E-state index contributed by atoms with van der Waals surface area (Å²) >= 11 is 1.50. The maximum Gasteiger partial charge on any atom is 0.268 e. The van der Waals surface area contributed by atoms with E-state index in [2.05, 4.69) is 10.6 Å². The van der Waals surface area contributed by atoms with Crippen molar-refractivity contribution in [1.82, 2.24) is 10.6 Å². The minimum Gasteiger partial charge on any atom is -0.487 e. The van der Waals surface area contributed by atoms with E-state index in [0.717, 1.165) is 21.8 Å². The molecule has 1 atom stereocenters. The van der Waals surface area contributed by atoms with Crippen molar-refractivity contribution in [1.29, 1.82) is 0 Å². The lowest BCUT2D eigenvalue weighted by molar-refractivity contribution is -0.119. The SMILES string of the molecule is Cc1ccc2c(c1)[C@@H](NC(=O)/C(=C/c1cccs1)NC(=O)c1ccccc1)CC(C)(C)O2. The summed E-state index contributed by atoms with van der Waals surface area (Å²) in [4.78, 5) is 27.0. The molecule has 3 aromatic rings. The smallest absolute Gasteiger partial charge is 0.268 e. The highest BCUT2D eigenvalue weighted by molar-refractivity contribution is 7.10. The Hall–Kier alpha value is -3.38. The van der Waals surface area contributed by atoms with Gasteiger partial charge in [-0.05, 0) is 56.5 Å². The van der Waals surface area contributed by atoms with Crippen molar-refractivity contribution in [2.45, 2.75) is 38.8 Å². The molecule has 0 radical (unpaired) electrons. The summed E-state index contributed by atoms with van der Waals surface area (Å²) < 4.78 is 6.12. The highest BCUT2D eigenvalue weighted by Gasteiger charge is 2.35. The lowest BCUT2D eigenvalue weighted by atomic mass is 9.89. The van der Waals surface area contributed by atoms with E-state index in [1.54, 1.807) is 30.3 Å². The molecule has 2 amide bonds. The fraction of sp³-hybridized carbons (Fsp3) is 0.231. The van der Waals surface area contributed by atoms with E-state index in [-0.39, 0.29) is 23.6 Å². The Labute approximate surface area is 192 Å². The van der Waals surface area contributed by atoms with Crippen LogP contribution in [0.1, 0.15) is 52.7 Å². The number of benzene rings is 2. The number of hydrogen-bond acceptors (Lipinski definition) is 4. The van der Waals surface area contributed by atoms with E-state index in [1.165, 1.54) is 11.3 Å². The van der Waals surface area contributed by atoms with Crippen molar-refractivity contribution in [3.63, 3.8) is 0 Å². The first-order chi connectivity index (χ1) is 15.3. The van der Waals surface area contributed by atoms with Crippen molar-refractivity contribution >= 4 is 29.2 Å². The molecular weight excluding hydrogens is 420 g/mol. The van der Waals surface area contributed by atoms with E-state index < -0.39 is 5.60 Å². The summed E-state index contributed by atoms with van der Waals surface area (Å²) in [6.45, 7) is 6.03. The topological polar surface area (TPSA) is 67.4 Å². The first-order valence-corrected chi connectivity index (χ1v) is 11.4. The molecule has 2 heterocycles. The number of hydrogen-bond donors (Lipinski definition) is 2. The van der Waals surface area contributed by atoms with Crippen molar-refractivity contribution in [3.8, 4) is 5.75 Å². The zero-order chi connectivity index (χ0) is 22.7. The third-order valence-corrected chi connectivity index (χ3v) is 6.11. The molecule has 0 aliphatic carbocycles. The number of rotatable bonds is 5. The van der Waals surface area contributed by atoms with Crippen LogP contribution in [0.2, 0.25) is 0 Å². The molecule has 0 spiro atoms. The van der Waals surface area contributed by atoms with Crippen LogP contribution in [-0.4, -0.2) is 17.4 Å². The fourth-order valence-electron chi connectivity index (χ4n) is 3.80. The summed E-state index contributed by atoms with van der Waals surface area (Å²) in [6, 6.07) is 18.4. The summed E-state index contributed by atoms with van der Waals surface area (Å²) in [7, 11) is 0. The molecule has 32 heavy (non-hydrogen) atoms. The maximum absolute atomic E-state index is 13.4. The van der Waals surface area contributed by atoms with Crippen molar-refractivity contribution < 1.29 is 14.3 Å². The summed E-state index contributed by atoms with van der Waals surface area (Å²) in [5.74, 6) is 0.110. The van der Waals surface area contributed by atoms with Gasteiger partial charge in [-0.1, -0.05) is 42.0 Å². The Morgan fingerprint density at radius 1 is 1.09 bits per heavy atom. The molecule has 1 aliphatic rings. The van der Waals surface area contributed by atoms with Gasteiger partial charge in [0.25, 0.3) is 11.8 Å². The Kier molecular flexibility index (Phi) is 6.15. The predicted octanol–water partition coefficient (Wildman–Crippen LogP) is 5.25. The maximum atomic E-state index is 13.4. The van der Waals surface area contributed by atoms with Gasteiger partial charge in [0.05, 0.1) is 6.04 Å². The van der Waals surface area contributed by atoms with Crippen molar-refractivity contribution in [2.75, 3.05) is 0 Å². The normalized spacial score (nSPS) is 17.1. The number of amides is 2. The summed E-state index contributed by atoms with van der Waals surface area (Å²) in [6.07, 6.45) is 2.33. The van der Waals surface area contributed by atoms with Gasteiger partial charge in [0.15, 0.2) is 0 Å². The van der Waals surface area contributed by atoms with Gasteiger partial charge in [0.1, 0.15) is 17.0 Å². The average molecular weight is 447 g/mol. The number of ether oxygens (including phenoxy) is 1. The lowest BCUT2D eigenvalue weighted by Gasteiger charge is -2.38. The van der Waals surface area contributed by atoms with Gasteiger partial charge in [-0.2, -0.15) is 0 Å². The lowest BCUT2D eigenvalue weighted by Crippen LogP contribution is -2.43. The van der Waals surface area contributed by atoms with E-state index in [0.29, 0.717) is 12.0 Å². The highest BCUT2D eigenvalue weighted by atomic mass is 32.1. The number of aryl methyl sites for hydroxylation is 1. The van der Waals surface area contributed by atoms with Crippen LogP contribution < -0.4 is 15.4 Å². The zero-order valence-electron chi connectivity index (χ0n) is 18.3. The molecular formula is C26H26N2O3S. The second-order valence-corrected chi connectivity index (χ2v) is 9.51. The number of thiophene rings is 1. The Morgan fingerprint density at radius 3 is 2.59 bits per heavy atom. The van der Waals surface area contributed by atoms with E-state index in [9.17, 15) is 9.59 Å². The second kappa shape index (κ2) is 9.01. The van der Waals surface area contributed by atoms with Crippen LogP contribution in [0, 0.1) is 6.92 Å². The van der Waals surface area contributed by atoms with Crippen molar-refractivity contribution in [3.05, 3.63) is 93.3 Å². The van der Waals surface area contributed by atoms with Gasteiger partial charge >= 0.3 is 0 Å². The second-order valence-electron chi connectivity index (χ2n) is 8.53. The van der Waals surface area contributed by atoms with Crippen LogP contribution in [0.4, 0.5) is 0 Å². The molecule has 4 rings (SSSR count). The van der Waals surface area contributed by atoms with Gasteiger partial charge in [-0.3, -0.25) is 9.59 Å². The van der Waals surface area contributed by atoms with Gasteiger partial charge in [-0.25, -0.2) is 0 Å². The third kappa shape index (κ3) is 5.08. The third-order valence-electron chi connectivity index (χ3n) is 5.29. The van der Waals surface area contributed by atoms with E-state index in [1.807, 2.05) is 62.5 Å². The first kappa shape index (κ1) is 21.8. The molecule has 164 valence electrons. The zero-order valence-corrected chi connectivity index (χ0v) is 19.2. The monoisotopic (exact) mass is 446 g/mol. The minimum absolute atomic E-state index is 0.208. The number of nitrogens with one attached hydrogen (secondary N) is 2. The molecule has 2 N–H and O–H groups in total. The number of carbonyl (C=O) groups excluding carboxylic acids is 2. The van der Waals surface area contributed by atoms with Crippen LogP contribution in [0.3, 0.4) is 0 Å². The molecule has 2 aromatic carbocycles. The van der Waals surface area contributed by atoms with Crippen LogP contribution in [-0.2, 0) is 4.79 Å². The Morgan fingerprint density at radius 2 is 1.88 bits per heavy atom. The molecule has 0 unspecified atom stereocenters. The quantitative estimate of drug-likeness (QED) is 0.526. The highest BCUT2D eigenvalue weighted by Crippen LogP contribution is 2.40. The van der Waals surface area contributed by atoms with Gasteiger partial charge < -0.3 is 15.4 Å². The molecule has 1 aromatic heterocycles. The largest absolute Gasteiger partial charge is 0.487 e. The molecule has 0 bridgehead atoms. The Balaban J connectivity index is 1.62. The summed E-state index contributed by atoms with van der Waals surface area (Å²) in [5, 5.41) is 7.86. The first-order valence-electron chi connectivity index (χ1n) is 10.5. The number of fused-ring (bicyclic) bond motifs is 1. The van der Waals surface area contributed by atoms with E-state index in [4.69, 9.17) is 4.74 Å². The molecule has 0 fully saturated rings. The fourth-order valence-corrected chi connectivity index (χ4v) is 4.45. The van der Waals surface area contributed by atoms with Crippen LogP contribution in [0.5, 0.6) is 5.75 Å². The van der Waals surface area contributed by atoms with Crippen LogP contribution >= 0.6 is 11.3 Å². The standard InChI is InChI=1S/C26H26N2O3S/c1-17-11-12-23-20(14-17)22(16-26(2,3)31-23)28-25(30)21(15-19-10-7-13-32-19)27-24(29)18-8-5-4-6-9-18/h4-15,22H,16H2,1-3H3,(H,27,29)(H,28,30)/b21-15-/t22-/m0/s1. The van der Waals surface area contributed by atoms with Gasteiger partial charge in [0, 0.05) is 22.4 Å². The molecule has 1 aliphatic heterocycles. The van der Waals surface area contributed by atoms with E-state index >= 15 is 0 Å². The van der Waals surface area contributed by atoms with Gasteiger partial charge in [0.2, 0.25) is 0 Å². The Bertz CT molecular complexity index is 1150. The van der Waals surface area contributed by atoms with Gasteiger partial charge in [-0.15, -0.1) is 11.3 Å². The van der Waals surface area contributed by atoms with Crippen LogP contribution in [0.15, 0.2) is 71.7 Å². The molecule has 0 saturated heterocycles. The molecule has 5 nitrogen and oxygen atoms in total. The predicted molar refractivity (Wildman–Crippen MR) is 128 cm³/mol. The minimum atomic E-state index is -0.425. The van der Waals surface area contributed by atoms with Crippen molar-refractivity contribution in [2.24, 2.45) is 0 Å². The summed E-state index contributed by atoms with van der Waals surface area (Å²) in [5.41, 5.74) is 2.32. The molecule has 0 saturated carbocycles. The average Bonchev–Trinajstić information content (AvgIpc) is 3.27. The van der Waals surface area contributed by atoms with Crippen LogP contribution in [0.25, 0.3) is 6.08 Å². The molecule has 6 heteroatoms. The number of carbonyl (C=O) groups is 2.